The number of aromatic amines is 2. The molecule has 2 fully saturated rings. The van der Waals surface area contributed by atoms with E-state index in [1.165, 1.54) is 5.56 Å². The van der Waals surface area contributed by atoms with Crippen LogP contribution in [-0.4, -0.2) is 81.1 Å². The second kappa shape index (κ2) is 10.5. The van der Waals surface area contributed by atoms with Gasteiger partial charge in [0.1, 0.15) is 11.3 Å². The number of fused-ring (bicyclic) bond motifs is 1. The van der Waals surface area contributed by atoms with E-state index in [4.69, 9.17) is 14.5 Å². The summed E-state index contributed by atoms with van der Waals surface area (Å²) >= 11 is 0. The Bertz CT molecular complexity index is 1240. The van der Waals surface area contributed by atoms with Crippen LogP contribution < -0.4 is 5.32 Å². The van der Waals surface area contributed by atoms with Gasteiger partial charge in [-0.3, -0.25) is 10.00 Å². The first-order chi connectivity index (χ1) is 17.7. The lowest BCUT2D eigenvalue weighted by Gasteiger charge is -2.34. The molecule has 10 heteroatoms. The van der Waals surface area contributed by atoms with Gasteiger partial charge in [-0.1, -0.05) is 12.6 Å². The molecule has 198 valence electrons. The Morgan fingerprint density at radius 1 is 1.22 bits per heavy atom. The minimum atomic E-state index is -0.488. The number of hydrogen-bond acceptors (Lipinski definition) is 7. The van der Waals surface area contributed by atoms with Crippen LogP contribution in [-0.2, 0) is 16.0 Å². The number of nitrogens with zero attached hydrogens (tertiary/aromatic N) is 4. The molecule has 0 aliphatic carbocycles. The van der Waals surface area contributed by atoms with E-state index in [1.807, 2.05) is 20.8 Å². The number of nitrogens with one attached hydrogen (secondary N) is 3. The Morgan fingerprint density at radius 2 is 1.97 bits per heavy atom. The van der Waals surface area contributed by atoms with Gasteiger partial charge in [0.2, 0.25) is 0 Å². The number of H-pyrrole nitrogens is 2. The number of ether oxygens (including phenoxy) is 2. The lowest BCUT2D eigenvalue weighted by atomic mass is 9.94. The number of carbonyl (C=O) groups excluding carboxylic acids is 1. The van der Waals surface area contributed by atoms with Crippen molar-refractivity contribution < 1.29 is 14.3 Å². The second-order valence-corrected chi connectivity index (χ2v) is 10.9. The molecule has 2 aromatic heterocycles. The second-order valence-electron chi connectivity index (χ2n) is 10.9. The van der Waals surface area contributed by atoms with Crippen molar-refractivity contribution in [2.45, 2.75) is 45.8 Å². The number of allylic oxidation sites excluding steroid dienone is 1. The number of benzene rings is 1. The van der Waals surface area contributed by atoms with Crippen LogP contribution in [0.4, 0.5) is 10.5 Å². The summed E-state index contributed by atoms with van der Waals surface area (Å²) in [5.74, 6) is 0.978. The van der Waals surface area contributed by atoms with Crippen LogP contribution in [0.25, 0.3) is 22.6 Å². The molecule has 3 aromatic rings. The zero-order valence-corrected chi connectivity index (χ0v) is 22.0. The number of rotatable bonds is 6. The van der Waals surface area contributed by atoms with E-state index in [0.717, 1.165) is 79.6 Å². The van der Waals surface area contributed by atoms with Gasteiger partial charge < -0.3 is 24.7 Å². The minimum Gasteiger partial charge on any atom is -0.444 e. The summed E-state index contributed by atoms with van der Waals surface area (Å²) < 4.78 is 11.0. The molecule has 0 radical (unpaired) electrons. The van der Waals surface area contributed by atoms with Crippen molar-refractivity contribution in [1.29, 1.82) is 0 Å². The highest BCUT2D eigenvalue weighted by molar-refractivity contribution is 5.82. The summed E-state index contributed by atoms with van der Waals surface area (Å²) in [6.07, 6.45) is 3.16. The third-order valence-corrected chi connectivity index (χ3v) is 6.87. The third-order valence-electron chi connectivity index (χ3n) is 6.87. The molecule has 0 bridgehead atoms. The van der Waals surface area contributed by atoms with E-state index in [9.17, 15) is 4.79 Å². The lowest BCUT2D eigenvalue weighted by Crippen LogP contribution is -2.42. The molecule has 5 rings (SSSR count). The molecule has 2 aliphatic rings. The fourth-order valence-electron chi connectivity index (χ4n) is 4.86. The fourth-order valence-corrected chi connectivity index (χ4v) is 4.86. The predicted molar refractivity (Wildman–Crippen MR) is 143 cm³/mol. The average molecular weight is 508 g/mol. The summed E-state index contributed by atoms with van der Waals surface area (Å²) in [6, 6.07) is 6.37. The van der Waals surface area contributed by atoms with E-state index in [1.54, 1.807) is 11.1 Å². The summed E-state index contributed by atoms with van der Waals surface area (Å²) in [5.41, 5.74) is 5.20. The van der Waals surface area contributed by atoms with Crippen molar-refractivity contribution in [3.05, 3.63) is 42.2 Å². The SMILES string of the molecule is C=C(Nc1cn[nH]c1-c1nc2ccc(CN3CCOCC3)cc2[nH]1)C1CCN(C(=O)OC(C)(C)C)CC1. The van der Waals surface area contributed by atoms with Crippen LogP contribution in [0.3, 0.4) is 0 Å². The molecule has 0 spiro atoms. The molecule has 1 amide bonds. The summed E-state index contributed by atoms with van der Waals surface area (Å²) in [4.78, 5) is 24.8. The van der Waals surface area contributed by atoms with Gasteiger partial charge in [0.15, 0.2) is 5.82 Å². The highest BCUT2D eigenvalue weighted by Gasteiger charge is 2.28. The number of carbonyl (C=O) groups is 1. The molecule has 0 unspecified atom stereocenters. The van der Waals surface area contributed by atoms with Crippen molar-refractivity contribution in [3.63, 3.8) is 0 Å². The minimum absolute atomic E-state index is 0.250. The number of anilines is 1. The Kier molecular flexibility index (Phi) is 7.21. The average Bonchev–Trinajstić information content (AvgIpc) is 3.50. The fraction of sp³-hybridized carbons (Fsp3) is 0.519. The Balaban J connectivity index is 1.22. The zero-order valence-electron chi connectivity index (χ0n) is 22.0. The van der Waals surface area contributed by atoms with Crippen molar-refractivity contribution in [3.8, 4) is 11.5 Å². The number of hydrogen-bond donors (Lipinski definition) is 3. The quantitative estimate of drug-likeness (QED) is 0.455. The molecule has 0 saturated carbocycles. The third kappa shape index (κ3) is 6.14. The van der Waals surface area contributed by atoms with Gasteiger partial charge >= 0.3 is 6.09 Å². The molecule has 3 N–H and O–H groups in total. The van der Waals surface area contributed by atoms with Crippen molar-refractivity contribution in [2.24, 2.45) is 5.92 Å². The lowest BCUT2D eigenvalue weighted by molar-refractivity contribution is 0.0194. The van der Waals surface area contributed by atoms with E-state index in [0.29, 0.717) is 13.1 Å². The Hall–Kier alpha value is -3.37. The molecule has 0 atom stereocenters. The maximum absolute atomic E-state index is 12.4. The summed E-state index contributed by atoms with van der Waals surface area (Å²) in [7, 11) is 0. The van der Waals surface area contributed by atoms with E-state index in [-0.39, 0.29) is 12.0 Å². The van der Waals surface area contributed by atoms with Crippen LogP contribution in [0, 0.1) is 5.92 Å². The van der Waals surface area contributed by atoms with Crippen molar-refractivity contribution in [1.82, 2.24) is 30.0 Å². The number of aromatic nitrogens is 4. The first-order valence-corrected chi connectivity index (χ1v) is 13.0. The number of amides is 1. The first kappa shape index (κ1) is 25.3. The van der Waals surface area contributed by atoms with Gasteiger partial charge in [0.25, 0.3) is 0 Å². The van der Waals surface area contributed by atoms with Gasteiger partial charge in [0, 0.05) is 44.3 Å². The number of morpholine rings is 1. The number of imidazole rings is 1. The van der Waals surface area contributed by atoms with Gasteiger partial charge in [0.05, 0.1) is 36.1 Å². The molecular formula is C27H37N7O3. The number of likely N-dealkylation sites (tertiary alicyclic amines) is 1. The molecule has 37 heavy (non-hydrogen) atoms. The van der Waals surface area contributed by atoms with Crippen molar-refractivity contribution >= 4 is 22.8 Å². The normalized spacial score (nSPS) is 17.8. The monoisotopic (exact) mass is 507 g/mol. The van der Waals surface area contributed by atoms with Crippen LogP contribution in [0.15, 0.2) is 36.7 Å². The summed E-state index contributed by atoms with van der Waals surface area (Å²) in [6.45, 7) is 15.7. The molecule has 1 aromatic carbocycles. The molecule has 4 heterocycles. The standard InChI is InChI=1S/C27H37N7O3/c1-18(20-7-9-34(10-8-20)26(35)37-27(2,3)4)29-23-16-28-32-24(23)25-30-21-6-5-19(15-22(21)31-25)17-33-11-13-36-14-12-33/h5-6,15-16,20,29H,1,7-14,17H2,2-4H3,(H,28,32)(H,30,31). The van der Waals surface area contributed by atoms with Crippen LogP contribution in [0.1, 0.15) is 39.2 Å². The van der Waals surface area contributed by atoms with Crippen molar-refractivity contribution in [2.75, 3.05) is 44.7 Å². The van der Waals surface area contributed by atoms with Gasteiger partial charge in [-0.15, -0.1) is 0 Å². The Labute approximate surface area is 217 Å². The van der Waals surface area contributed by atoms with E-state index >= 15 is 0 Å². The van der Waals surface area contributed by atoms with E-state index < -0.39 is 5.60 Å². The van der Waals surface area contributed by atoms with Crippen LogP contribution in [0.5, 0.6) is 0 Å². The molecule has 10 nitrogen and oxygen atoms in total. The Morgan fingerprint density at radius 3 is 2.70 bits per heavy atom. The van der Waals surface area contributed by atoms with Crippen LogP contribution in [0.2, 0.25) is 0 Å². The van der Waals surface area contributed by atoms with Crippen LogP contribution >= 0.6 is 0 Å². The zero-order chi connectivity index (χ0) is 26.0. The first-order valence-electron chi connectivity index (χ1n) is 13.0. The smallest absolute Gasteiger partial charge is 0.410 e. The highest BCUT2D eigenvalue weighted by atomic mass is 16.6. The maximum Gasteiger partial charge on any atom is 0.410 e. The summed E-state index contributed by atoms with van der Waals surface area (Å²) in [5, 5.41) is 10.8. The van der Waals surface area contributed by atoms with Gasteiger partial charge in [-0.25, -0.2) is 9.78 Å². The van der Waals surface area contributed by atoms with Gasteiger partial charge in [-0.05, 0) is 51.3 Å². The molecule has 2 saturated heterocycles. The predicted octanol–water partition coefficient (Wildman–Crippen LogP) is 4.36. The molecule has 2 aliphatic heterocycles. The maximum atomic E-state index is 12.4. The topological polar surface area (TPSA) is 111 Å². The highest BCUT2D eigenvalue weighted by Crippen LogP contribution is 2.30. The van der Waals surface area contributed by atoms with E-state index in [2.05, 4.69) is 50.2 Å². The largest absolute Gasteiger partial charge is 0.444 e. The van der Waals surface area contributed by atoms with Gasteiger partial charge in [-0.2, -0.15) is 5.10 Å². The number of piperidine rings is 1. The molecular weight excluding hydrogens is 470 g/mol.